The topological polar surface area (TPSA) is 142 Å². The Hall–Kier alpha value is -2.35. The van der Waals surface area contributed by atoms with E-state index in [0.717, 1.165) is 0 Å². The average molecular weight is 282 g/mol. The largest absolute Gasteiger partial charge is 0.496 e. The lowest BCUT2D eigenvalue weighted by atomic mass is 9.99. The number of azide groups is 1. The molecule has 2 N–H and O–H groups in total. The Morgan fingerprint density at radius 1 is 1.55 bits per heavy atom. The zero-order valence-corrected chi connectivity index (χ0v) is 10.7. The van der Waals surface area contributed by atoms with Gasteiger partial charge >= 0.3 is 0 Å². The van der Waals surface area contributed by atoms with E-state index in [9.17, 15) is 20.3 Å². The number of hydrogen-bond acceptors (Lipinski definition) is 6. The third-order valence-electron chi connectivity index (χ3n) is 2.71. The van der Waals surface area contributed by atoms with Gasteiger partial charge in [-0.1, -0.05) is 11.2 Å². The molecular weight excluding hydrogens is 268 g/mol. The fraction of sp³-hybridized carbons (Fsp3) is 0.455. The van der Waals surface area contributed by atoms with Crippen molar-refractivity contribution in [3.05, 3.63) is 44.3 Å². The Morgan fingerprint density at radius 2 is 2.25 bits per heavy atom. The van der Waals surface area contributed by atoms with Crippen LogP contribution < -0.4 is 4.74 Å². The van der Waals surface area contributed by atoms with Gasteiger partial charge in [-0.3, -0.25) is 10.1 Å². The van der Waals surface area contributed by atoms with Gasteiger partial charge in [0.05, 0.1) is 18.1 Å². The van der Waals surface area contributed by atoms with Gasteiger partial charge in [0.25, 0.3) is 5.69 Å². The Labute approximate surface area is 114 Å². The first-order valence-electron chi connectivity index (χ1n) is 5.71. The van der Waals surface area contributed by atoms with E-state index in [0.29, 0.717) is 0 Å². The van der Waals surface area contributed by atoms with Crippen LogP contribution >= 0.6 is 0 Å². The highest BCUT2D eigenvalue weighted by Crippen LogP contribution is 2.35. The molecule has 0 aromatic heterocycles. The molecule has 1 aromatic carbocycles. The standard InChI is InChI=1S/C11H14N4O5/c1-20-9-4-2-3-7(15(18)19)10(9)11(17)8(16)5-6-13-14-12/h2-4,8,11,16-17H,5-6H2,1H3. The second-order valence-corrected chi connectivity index (χ2v) is 3.91. The van der Waals surface area contributed by atoms with Gasteiger partial charge in [-0.05, 0) is 18.0 Å². The predicted molar refractivity (Wildman–Crippen MR) is 69.2 cm³/mol. The van der Waals surface area contributed by atoms with Crippen molar-refractivity contribution in [1.82, 2.24) is 0 Å². The number of hydrogen-bond donors (Lipinski definition) is 2. The molecule has 20 heavy (non-hydrogen) atoms. The quantitative estimate of drug-likeness (QED) is 0.257. The molecule has 1 rings (SSSR count). The molecule has 9 heteroatoms. The molecule has 0 aliphatic carbocycles. The molecule has 9 nitrogen and oxygen atoms in total. The summed E-state index contributed by atoms with van der Waals surface area (Å²) in [5.74, 6) is 0.106. The maximum Gasteiger partial charge on any atom is 0.279 e. The summed E-state index contributed by atoms with van der Waals surface area (Å²) in [5, 5.41) is 34.1. The van der Waals surface area contributed by atoms with Crippen LogP contribution in [0.25, 0.3) is 10.4 Å². The minimum Gasteiger partial charge on any atom is -0.496 e. The number of aliphatic hydroxyl groups excluding tert-OH is 2. The van der Waals surface area contributed by atoms with E-state index in [1.54, 1.807) is 0 Å². The summed E-state index contributed by atoms with van der Waals surface area (Å²) in [6.45, 7) is -0.0301. The van der Waals surface area contributed by atoms with Crippen molar-refractivity contribution < 1.29 is 19.9 Å². The smallest absolute Gasteiger partial charge is 0.279 e. The molecule has 0 aliphatic rings. The van der Waals surface area contributed by atoms with Crippen LogP contribution in [0.5, 0.6) is 5.75 Å². The number of methoxy groups -OCH3 is 1. The molecule has 0 amide bonds. The Bertz CT molecular complexity index is 530. The van der Waals surface area contributed by atoms with Crippen LogP contribution in [-0.2, 0) is 0 Å². The molecule has 1 aromatic rings. The van der Waals surface area contributed by atoms with Crippen molar-refractivity contribution in [1.29, 1.82) is 0 Å². The second kappa shape index (κ2) is 7.29. The number of ether oxygens (including phenoxy) is 1. The number of benzene rings is 1. The summed E-state index contributed by atoms with van der Waals surface area (Å²) < 4.78 is 4.98. The Kier molecular flexibility index (Phi) is 5.73. The van der Waals surface area contributed by atoms with Crippen LogP contribution in [0.1, 0.15) is 18.1 Å². The lowest BCUT2D eigenvalue weighted by molar-refractivity contribution is -0.386. The number of nitro benzene ring substituents is 1. The summed E-state index contributed by atoms with van der Waals surface area (Å²) in [5.41, 5.74) is 7.69. The van der Waals surface area contributed by atoms with Crippen molar-refractivity contribution >= 4 is 5.69 Å². The first-order valence-corrected chi connectivity index (χ1v) is 5.71. The highest BCUT2D eigenvalue weighted by atomic mass is 16.6. The zero-order chi connectivity index (χ0) is 15.1. The lowest BCUT2D eigenvalue weighted by Gasteiger charge is -2.19. The molecular formula is C11H14N4O5. The van der Waals surface area contributed by atoms with E-state index in [4.69, 9.17) is 10.3 Å². The third kappa shape index (κ3) is 3.58. The van der Waals surface area contributed by atoms with Crippen LogP contribution in [0, 0.1) is 10.1 Å². The normalized spacial score (nSPS) is 13.2. The SMILES string of the molecule is COc1cccc([N+](=O)[O-])c1C(O)C(O)CCN=[N+]=[N-]. The Morgan fingerprint density at radius 3 is 2.80 bits per heavy atom. The minimum absolute atomic E-state index is 0.0274. The van der Waals surface area contributed by atoms with E-state index in [1.807, 2.05) is 0 Å². The van der Waals surface area contributed by atoms with E-state index in [-0.39, 0.29) is 30.0 Å². The van der Waals surface area contributed by atoms with E-state index >= 15 is 0 Å². The summed E-state index contributed by atoms with van der Waals surface area (Å²) in [7, 11) is 1.31. The molecule has 0 saturated carbocycles. The van der Waals surface area contributed by atoms with E-state index < -0.39 is 17.1 Å². The maximum atomic E-state index is 11.0. The van der Waals surface area contributed by atoms with Crippen LogP contribution in [0.3, 0.4) is 0 Å². The molecule has 0 radical (unpaired) electrons. The zero-order valence-electron chi connectivity index (χ0n) is 10.7. The molecule has 2 unspecified atom stereocenters. The Balaban J connectivity index is 3.09. The molecule has 0 spiro atoms. The van der Waals surface area contributed by atoms with Crippen LogP contribution in [-0.4, -0.2) is 34.9 Å². The summed E-state index contributed by atoms with van der Waals surface area (Å²) >= 11 is 0. The van der Waals surface area contributed by atoms with Crippen molar-refractivity contribution in [2.75, 3.05) is 13.7 Å². The van der Waals surface area contributed by atoms with Gasteiger partial charge in [0.1, 0.15) is 17.4 Å². The maximum absolute atomic E-state index is 11.0. The van der Waals surface area contributed by atoms with Gasteiger partial charge in [-0.2, -0.15) is 0 Å². The van der Waals surface area contributed by atoms with Gasteiger partial charge < -0.3 is 14.9 Å². The summed E-state index contributed by atoms with van der Waals surface area (Å²) in [4.78, 5) is 12.8. The van der Waals surface area contributed by atoms with Gasteiger partial charge in [-0.15, -0.1) is 0 Å². The predicted octanol–water partition coefficient (Wildman–Crippen LogP) is 1.70. The first-order chi connectivity index (χ1) is 9.52. The number of aliphatic hydroxyl groups is 2. The monoisotopic (exact) mass is 282 g/mol. The van der Waals surface area contributed by atoms with Gasteiger partial charge in [0.2, 0.25) is 0 Å². The lowest BCUT2D eigenvalue weighted by Crippen LogP contribution is -2.20. The molecule has 0 fully saturated rings. The molecule has 2 atom stereocenters. The third-order valence-corrected chi connectivity index (χ3v) is 2.71. The van der Waals surface area contributed by atoms with Crippen molar-refractivity contribution in [2.45, 2.75) is 18.6 Å². The van der Waals surface area contributed by atoms with E-state index in [2.05, 4.69) is 10.0 Å². The van der Waals surface area contributed by atoms with Gasteiger partial charge in [0, 0.05) is 17.5 Å². The van der Waals surface area contributed by atoms with Crippen LogP contribution in [0.2, 0.25) is 0 Å². The average Bonchev–Trinajstić information content (AvgIpc) is 2.45. The highest BCUT2D eigenvalue weighted by molar-refractivity contribution is 5.51. The number of nitrogens with zero attached hydrogens (tertiary/aromatic N) is 4. The molecule has 0 aliphatic heterocycles. The molecule has 0 heterocycles. The highest BCUT2D eigenvalue weighted by Gasteiger charge is 2.29. The van der Waals surface area contributed by atoms with E-state index in [1.165, 1.54) is 25.3 Å². The molecule has 0 saturated heterocycles. The second-order valence-electron chi connectivity index (χ2n) is 3.91. The van der Waals surface area contributed by atoms with Gasteiger partial charge in [-0.25, -0.2) is 0 Å². The fourth-order valence-corrected chi connectivity index (χ4v) is 1.75. The molecule has 0 bridgehead atoms. The van der Waals surface area contributed by atoms with Crippen molar-refractivity contribution in [2.24, 2.45) is 5.11 Å². The van der Waals surface area contributed by atoms with Crippen LogP contribution in [0.15, 0.2) is 23.3 Å². The fourth-order valence-electron chi connectivity index (χ4n) is 1.75. The van der Waals surface area contributed by atoms with Crippen LogP contribution in [0.4, 0.5) is 5.69 Å². The first kappa shape index (κ1) is 15.7. The van der Waals surface area contributed by atoms with Crippen molar-refractivity contribution in [3.63, 3.8) is 0 Å². The molecule has 108 valence electrons. The number of nitro groups is 1. The summed E-state index contributed by atoms with van der Waals surface area (Å²) in [6.07, 6.45) is -2.85. The summed E-state index contributed by atoms with van der Waals surface area (Å²) in [6, 6.07) is 4.08. The van der Waals surface area contributed by atoms with Gasteiger partial charge in [0.15, 0.2) is 0 Å². The minimum atomic E-state index is -1.51. The number of rotatable bonds is 7. The van der Waals surface area contributed by atoms with Crippen molar-refractivity contribution in [3.8, 4) is 5.75 Å².